The van der Waals surface area contributed by atoms with Crippen molar-refractivity contribution in [3.05, 3.63) is 64.0 Å². The molecule has 0 aliphatic rings. The highest BCUT2D eigenvalue weighted by Gasteiger charge is 2.16. The second kappa shape index (κ2) is 5.36. The van der Waals surface area contributed by atoms with Gasteiger partial charge in [0.1, 0.15) is 5.82 Å². The van der Waals surface area contributed by atoms with Crippen LogP contribution in [0.1, 0.15) is 5.56 Å². The van der Waals surface area contributed by atoms with Gasteiger partial charge in [-0.1, -0.05) is 12.1 Å². The molecule has 0 fully saturated rings. The molecular formula is C15H10FN3O3. The third-order valence-electron chi connectivity index (χ3n) is 3.15. The van der Waals surface area contributed by atoms with E-state index in [9.17, 15) is 14.5 Å². The van der Waals surface area contributed by atoms with Crippen molar-refractivity contribution in [1.82, 2.24) is 10.2 Å². The summed E-state index contributed by atoms with van der Waals surface area (Å²) in [5.41, 5.74) is 1.40. The van der Waals surface area contributed by atoms with Crippen molar-refractivity contribution in [2.75, 3.05) is 0 Å². The van der Waals surface area contributed by atoms with Crippen LogP contribution in [0.3, 0.4) is 0 Å². The average Bonchev–Trinajstić information content (AvgIpc) is 2.97. The molecular weight excluding hydrogens is 289 g/mol. The van der Waals surface area contributed by atoms with Gasteiger partial charge in [-0.15, -0.1) is 10.2 Å². The van der Waals surface area contributed by atoms with Crippen molar-refractivity contribution in [2.24, 2.45) is 0 Å². The second-order valence-corrected chi connectivity index (χ2v) is 4.68. The number of nitro benzene ring substituents is 1. The molecule has 0 aliphatic heterocycles. The highest BCUT2D eigenvalue weighted by Crippen LogP contribution is 2.28. The van der Waals surface area contributed by atoms with E-state index < -0.39 is 10.7 Å². The summed E-state index contributed by atoms with van der Waals surface area (Å²) in [7, 11) is 0. The lowest BCUT2D eigenvalue weighted by atomic mass is 10.1. The monoisotopic (exact) mass is 299 g/mol. The summed E-state index contributed by atoms with van der Waals surface area (Å²) >= 11 is 0. The van der Waals surface area contributed by atoms with Crippen LogP contribution in [0.15, 0.2) is 46.9 Å². The maximum Gasteiger partial charge on any atom is 0.273 e. The number of aromatic nitrogens is 2. The first-order valence-corrected chi connectivity index (χ1v) is 6.39. The molecule has 3 aromatic rings. The van der Waals surface area contributed by atoms with Gasteiger partial charge in [-0.3, -0.25) is 10.1 Å². The molecule has 22 heavy (non-hydrogen) atoms. The van der Waals surface area contributed by atoms with Crippen LogP contribution in [0, 0.1) is 22.9 Å². The van der Waals surface area contributed by atoms with E-state index in [2.05, 4.69) is 10.2 Å². The molecule has 0 saturated carbocycles. The van der Waals surface area contributed by atoms with Crippen LogP contribution < -0.4 is 0 Å². The van der Waals surface area contributed by atoms with Crippen LogP contribution in [0.5, 0.6) is 0 Å². The van der Waals surface area contributed by atoms with Crippen molar-refractivity contribution in [3.8, 4) is 22.9 Å². The van der Waals surface area contributed by atoms with E-state index in [0.717, 1.165) is 0 Å². The van der Waals surface area contributed by atoms with Crippen molar-refractivity contribution >= 4 is 5.69 Å². The van der Waals surface area contributed by atoms with Crippen LogP contribution >= 0.6 is 0 Å². The standard InChI is InChI=1S/C15H10FN3O3/c1-9-5-6-11(8-13(9)19(20)21)15-18-17-14(22-15)10-3-2-4-12(16)7-10/h2-8H,1H3. The Labute approximate surface area is 124 Å². The number of benzene rings is 2. The summed E-state index contributed by atoms with van der Waals surface area (Å²) in [4.78, 5) is 10.5. The van der Waals surface area contributed by atoms with Gasteiger partial charge in [-0.25, -0.2) is 4.39 Å². The fraction of sp³-hybridized carbons (Fsp3) is 0.0667. The summed E-state index contributed by atoms with van der Waals surface area (Å²) in [6, 6.07) is 10.4. The van der Waals surface area contributed by atoms with E-state index >= 15 is 0 Å². The third-order valence-corrected chi connectivity index (χ3v) is 3.15. The van der Waals surface area contributed by atoms with Gasteiger partial charge in [0, 0.05) is 22.8 Å². The lowest BCUT2D eigenvalue weighted by Crippen LogP contribution is -1.92. The molecule has 0 atom stereocenters. The number of hydrogen-bond donors (Lipinski definition) is 0. The molecule has 0 N–H and O–H groups in total. The van der Waals surface area contributed by atoms with Gasteiger partial charge in [0.2, 0.25) is 11.8 Å². The molecule has 0 saturated heterocycles. The SMILES string of the molecule is Cc1ccc(-c2nnc(-c3cccc(F)c3)o2)cc1[N+](=O)[O-]. The molecule has 0 bridgehead atoms. The summed E-state index contributed by atoms with van der Waals surface area (Å²) in [6.45, 7) is 1.65. The van der Waals surface area contributed by atoms with E-state index in [1.54, 1.807) is 25.1 Å². The van der Waals surface area contributed by atoms with E-state index in [4.69, 9.17) is 4.42 Å². The first-order valence-electron chi connectivity index (χ1n) is 6.39. The smallest absolute Gasteiger partial charge is 0.273 e. The Morgan fingerprint density at radius 3 is 2.41 bits per heavy atom. The fourth-order valence-corrected chi connectivity index (χ4v) is 2.02. The Hall–Kier alpha value is -3.09. The van der Waals surface area contributed by atoms with Crippen molar-refractivity contribution in [1.29, 1.82) is 0 Å². The molecule has 0 radical (unpaired) electrons. The van der Waals surface area contributed by atoms with Gasteiger partial charge in [0.15, 0.2) is 0 Å². The zero-order chi connectivity index (χ0) is 15.7. The summed E-state index contributed by atoms with van der Waals surface area (Å²) in [5.74, 6) is -0.122. The first kappa shape index (κ1) is 13.9. The Bertz CT molecular complexity index is 861. The molecule has 1 aromatic heterocycles. The van der Waals surface area contributed by atoms with Crippen LogP contribution in [0.4, 0.5) is 10.1 Å². The fourth-order valence-electron chi connectivity index (χ4n) is 2.02. The Morgan fingerprint density at radius 2 is 1.77 bits per heavy atom. The van der Waals surface area contributed by atoms with Gasteiger partial charge in [0.05, 0.1) is 4.92 Å². The molecule has 110 valence electrons. The number of rotatable bonds is 3. The molecule has 3 rings (SSSR count). The van der Waals surface area contributed by atoms with Crippen molar-refractivity contribution in [3.63, 3.8) is 0 Å². The van der Waals surface area contributed by atoms with Crippen LogP contribution in [0.25, 0.3) is 22.9 Å². The third kappa shape index (κ3) is 2.56. The number of nitrogens with zero attached hydrogens (tertiary/aromatic N) is 3. The van der Waals surface area contributed by atoms with E-state index in [1.165, 1.54) is 24.3 Å². The summed E-state index contributed by atoms with van der Waals surface area (Å²) < 4.78 is 18.7. The second-order valence-electron chi connectivity index (χ2n) is 4.68. The van der Waals surface area contributed by atoms with Gasteiger partial charge in [-0.2, -0.15) is 0 Å². The minimum absolute atomic E-state index is 0.0250. The van der Waals surface area contributed by atoms with E-state index in [1.807, 2.05) is 0 Å². The van der Waals surface area contributed by atoms with Crippen molar-refractivity contribution in [2.45, 2.75) is 6.92 Å². The predicted molar refractivity (Wildman–Crippen MR) is 76.5 cm³/mol. The minimum atomic E-state index is -0.470. The molecule has 6 nitrogen and oxygen atoms in total. The van der Waals surface area contributed by atoms with Crippen LogP contribution in [-0.4, -0.2) is 15.1 Å². The number of halogens is 1. The summed E-state index contributed by atoms with van der Waals surface area (Å²) in [6.07, 6.45) is 0. The Morgan fingerprint density at radius 1 is 1.09 bits per heavy atom. The molecule has 7 heteroatoms. The zero-order valence-corrected chi connectivity index (χ0v) is 11.5. The zero-order valence-electron chi connectivity index (χ0n) is 11.5. The molecule has 0 amide bonds. The number of hydrogen-bond acceptors (Lipinski definition) is 5. The quantitative estimate of drug-likeness (QED) is 0.543. The average molecular weight is 299 g/mol. The molecule has 0 spiro atoms. The lowest BCUT2D eigenvalue weighted by Gasteiger charge is -1.99. The molecule has 0 unspecified atom stereocenters. The maximum absolute atomic E-state index is 13.2. The minimum Gasteiger partial charge on any atom is -0.416 e. The maximum atomic E-state index is 13.2. The predicted octanol–water partition coefficient (Wildman–Crippen LogP) is 3.76. The van der Waals surface area contributed by atoms with Crippen LogP contribution in [0.2, 0.25) is 0 Å². The van der Waals surface area contributed by atoms with Crippen LogP contribution in [-0.2, 0) is 0 Å². The van der Waals surface area contributed by atoms with Crippen molar-refractivity contribution < 1.29 is 13.7 Å². The Kier molecular flexibility index (Phi) is 3.38. The van der Waals surface area contributed by atoms with E-state index in [-0.39, 0.29) is 17.5 Å². The lowest BCUT2D eigenvalue weighted by molar-refractivity contribution is -0.385. The van der Waals surface area contributed by atoms with Gasteiger partial charge in [0.25, 0.3) is 5.69 Å². The topological polar surface area (TPSA) is 82.1 Å². The largest absolute Gasteiger partial charge is 0.416 e. The highest BCUT2D eigenvalue weighted by molar-refractivity contribution is 5.62. The molecule has 0 aliphatic carbocycles. The van der Waals surface area contributed by atoms with Gasteiger partial charge < -0.3 is 4.42 Å². The van der Waals surface area contributed by atoms with E-state index in [0.29, 0.717) is 16.7 Å². The normalized spacial score (nSPS) is 10.6. The molecule has 2 aromatic carbocycles. The number of nitro groups is 1. The summed E-state index contributed by atoms with van der Waals surface area (Å²) in [5, 5.41) is 18.7. The van der Waals surface area contributed by atoms with Gasteiger partial charge >= 0.3 is 0 Å². The highest BCUT2D eigenvalue weighted by atomic mass is 19.1. The van der Waals surface area contributed by atoms with Gasteiger partial charge in [-0.05, 0) is 31.2 Å². The Balaban J connectivity index is 2.01. The molecule has 1 heterocycles. The first-order chi connectivity index (χ1) is 10.5. The number of aryl methyl sites for hydroxylation is 1.